The molecule has 1 rings (SSSR count). The monoisotopic (exact) mass is 216 g/mol. The number of anilines is 1. The zero-order chi connectivity index (χ0) is 12.1. The highest BCUT2D eigenvalue weighted by Gasteiger charge is 2.16. The highest BCUT2D eigenvalue weighted by molar-refractivity contribution is 5.84. The molecule has 3 nitrogen and oxygen atoms in total. The van der Waals surface area contributed by atoms with Crippen LogP contribution >= 0.6 is 0 Å². The van der Waals surface area contributed by atoms with Gasteiger partial charge >= 0.3 is 0 Å². The van der Waals surface area contributed by atoms with Gasteiger partial charge in [-0.25, -0.2) is 0 Å². The summed E-state index contributed by atoms with van der Waals surface area (Å²) in [7, 11) is 0. The molecule has 0 aliphatic rings. The fourth-order valence-electron chi connectivity index (χ4n) is 1.36. The first-order chi connectivity index (χ1) is 7.54. The molecule has 84 valence electrons. The topological polar surface area (TPSA) is 55.1 Å². The molecule has 3 N–H and O–H groups in total. The van der Waals surface area contributed by atoms with Gasteiger partial charge in [0.2, 0.25) is 5.91 Å². The summed E-state index contributed by atoms with van der Waals surface area (Å²) in [6.07, 6.45) is 5.20. The van der Waals surface area contributed by atoms with Crippen LogP contribution in [0.5, 0.6) is 0 Å². The van der Waals surface area contributed by atoms with E-state index in [-0.39, 0.29) is 17.9 Å². The second-order valence-electron chi connectivity index (χ2n) is 3.79. The summed E-state index contributed by atoms with van der Waals surface area (Å²) in [4.78, 5) is 11.8. The van der Waals surface area contributed by atoms with Crippen LogP contribution in [0.15, 0.2) is 24.3 Å². The minimum atomic E-state index is -0.254. The number of rotatable bonds is 3. The lowest BCUT2D eigenvalue weighted by Gasteiger charge is -2.14. The standard InChI is InChI=1S/C13H16N2O/c1-4-9(2)15-13(16)10(3)11-6-5-7-12(14)8-11/h1,5-10H,14H2,2-3H3,(H,15,16). The Morgan fingerprint density at radius 3 is 2.75 bits per heavy atom. The molecule has 0 aliphatic carbocycles. The maximum absolute atomic E-state index is 11.8. The van der Waals surface area contributed by atoms with Crippen molar-refractivity contribution in [2.45, 2.75) is 25.8 Å². The van der Waals surface area contributed by atoms with Gasteiger partial charge in [0, 0.05) is 5.69 Å². The molecule has 0 saturated carbocycles. The van der Waals surface area contributed by atoms with Gasteiger partial charge in [0.15, 0.2) is 0 Å². The molecule has 16 heavy (non-hydrogen) atoms. The highest BCUT2D eigenvalue weighted by Crippen LogP contribution is 2.17. The van der Waals surface area contributed by atoms with E-state index in [1.54, 1.807) is 19.1 Å². The predicted octanol–water partition coefficient (Wildman–Crippen LogP) is 1.51. The smallest absolute Gasteiger partial charge is 0.228 e. The van der Waals surface area contributed by atoms with Crippen LogP contribution in [-0.4, -0.2) is 11.9 Å². The number of nitrogens with one attached hydrogen (secondary N) is 1. The maximum Gasteiger partial charge on any atom is 0.228 e. The largest absolute Gasteiger partial charge is 0.399 e. The molecule has 0 heterocycles. The predicted molar refractivity (Wildman–Crippen MR) is 65.7 cm³/mol. The van der Waals surface area contributed by atoms with Crippen molar-refractivity contribution in [3.05, 3.63) is 29.8 Å². The fraction of sp³-hybridized carbons (Fsp3) is 0.308. The van der Waals surface area contributed by atoms with E-state index in [1.807, 2.05) is 19.1 Å². The Bertz CT molecular complexity index is 420. The summed E-state index contributed by atoms with van der Waals surface area (Å²) in [6, 6.07) is 7.04. The minimum Gasteiger partial charge on any atom is -0.399 e. The Morgan fingerprint density at radius 1 is 1.50 bits per heavy atom. The molecule has 0 aliphatic heterocycles. The van der Waals surface area contributed by atoms with E-state index in [4.69, 9.17) is 12.2 Å². The van der Waals surface area contributed by atoms with Crippen LogP contribution in [0.25, 0.3) is 0 Å². The van der Waals surface area contributed by atoms with E-state index in [0.29, 0.717) is 5.69 Å². The highest BCUT2D eigenvalue weighted by atomic mass is 16.1. The van der Waals surface area contributed by atoms with Crippen molar-refractivity contribution in [3.63, 3.8) is 0 Å². The quantitative estimate of drug-likeness (QED) is 0.594. The number of benzene rings is 1. The molecule has 2 unspecified atom stereocenters. The second kappa shape index (κ2) is 5.22. The summed E-state index contributed by atoms with van der Waals surface area (Å²) in [6.45, 7) is 3.59. The van der Waals surface area contributed by atoms with Crippen LogP contribution in [0.4, 0.5) is 5.69 Å². The molecular weight excluding hydrogens is 200 g/mol. The molecule has 0 spiro atoms. The molecule has 0 aromatic heterocycles. The molecule has 2 atom stereocenters. The van der Waals surface area contributed by atoms with E-state index in [1.165, 1.54) is 0 Å². The van der Waals surface area contributed by atoms with E-state index < -0.39 is 0 Å². The number of carbonyl (C=O) groups is 1. The van der Waals surface area contributed by atoms with Gasteiger partial charge in [-0.15, -0.1) is 6.42 Å². The van der Waals surface area contributed by atoms with Gasteiger partial charge in [-0.2, -0.15) is 0 Å². The van der Waals surface area contributed by atoms with Crippen LogP contribution in [-0.2, 0) is 4.79 Å². The molecule has 0 saturated heterocycles. The first kappa shape index (κ1) is 12.1. The zero-order valence-electron chi connectivity index (χ0n) is 9.53. The van der Waals surface area contributed by atoms with Crippen molar-refractivity contribution in [1.82, 2.24) is 5.32 Å². The Kier molecular flexibility index (Phi) is 3.96. The van der Waals surface area contributed by atoms with Gasteiger partial charge in [-0.05, 0) is 31.5 Å². The molecule has 1 aromatic carbocycles. The number of nitrogen functional groups attached to an aromatic ring is 1. The normalized spacial score (nSPS) is 13.6. The number of nitrogens with two attached hydrogens (primary N) is 1. The first-order valence-electron chi connectivity index (χ1n) is 5.16. The third-order valence-corrected chi connectivity index (χ3v) is 2.41. The van der Waals surface area contributed by atoms with E-state index in [2.05, 4.69) is 11.2 Å². The van der Waals surface area contributed by atoms with Crippen molar-refractivity contribution >= 4 is 11.6 Å². The fourth-order valence-corrected chi connectivity index (χ4v) is 1.36. The molecular formula is C13H16N2O. The second-order valence-corrected chi connectivity index (χ2v) is 3.79. The average Bonchev–Trinajstić information content (AvgIpc) is 2.27. The van der Waals surface area contributed by atoms with Crippen molar-refractivity contribution < 1.29 is 4.79 Å². The summed E-state index contributed by atoms with van der Waals surface area (Å²) in [5, 5.41) is 2.73. The van der Waals surface area contributed by atoms with E-state index in [9.17, 15) is 4.79 Å². The third kappa shape index (κ3) is 3.03. The number of amides is 1. The number of carbonyl (C=O) groups excluding carboxylic acids is 1. The van der Waals surface area contributed by atoms with Crippen LogP contribution in [0.1, 0.15) is 25.3 Å². The Hall–Kier alpha value is -1.95. The van der Waals surface area contributed by atoms with Gasteiger partial charge in [-0.1, -0.05) is 18.1 Å². The number of terminal acetylenes is 1. The van der Waals surface area contributed by atoms with Gasteiger partial charge in [0.1, 0.15) is 0 Å². The molecule has 0 bridgehead atoms. The minimum absolute atomic E-state index is 0.0870. The van der Waals surface area contributed by atoms with Crippen molar-refractivity contribution in [2.24, 2.45) is 0 Å². The average molecular weight is 216 g/mol. The van der Waals surface area contributed by atoms with Crippen LogP contribution in [0.2, 0.25) is 0 Å². The lowest BCUT2D eigenvalue weighted by Crippen LogP contribution is -2.34. The number of hydrogen-bond acceptors (Lipinski definition) is 2. The Labute approximate surface area is 96.0 Å². The Morgan fingerprint density at radius 2 is 2.19 bits per heavy atom. The summed E-state index contributed by atoms with van der Waals surface area (Å²) in [5.41, 5.74) is 7.21. The third-order valence-electron chi connectivity index (χ3n) is 2.41. The van der Waals surface area contributed by atoms with Gasteiger partial charge in [0.25, 0.3) is 0 Å². The van der Waals surface area contributed by atoms with Crippen molar-refractivity contribution in [3.8, 4) is 12.3 Å². The van der Waals surface area contributed by atoms with Crippen LogP contribution in [0, 0.1) is 12.3 Å². The summed E-state index contributed by atoms with van der Waals surface area (Å²) >= 11 is 0. The maximum atomic E-state index is 11.8. The van der Waals surface area contributed by atoms with Crippen molar-refractivity contribution in [1.29, 1.82) is 0 Å². The molecule has 1 amide bonds. The number of hydrogen-bond donors (Lipinski definition) is 2. The van der Waals surface area contributed by atoms with Gasteiger partial charge < -0.3 is 11.1 Å². The molecule has 0 fully saturated rings. The SMILES string of the molecule is C#CC(C)NC(=O)C(C)c1cccc(N)c1. The van der Waals surface area contributed by atoms with Gasteiger partial charge in [-0.3, -0.25) is 4.79 Å². The van der Waals surface area contributed by atoms with E-state index in [0.717, 1.165) is 5.56 Å². The lowest BCUT2D eigenvalue weighted by molar-refractivity contribution is -0.122. The Balaban J connectivity index is 2.75. The molecule has 1 aromatic rings. The summed E-state index contributed by atoms with van der Waals surface area (Å²) < 4.78 is 0. The first-order valence-corrected chi connectivity index (χ1v) is 5.16. The van der Waals surface area contributed by atoms with Gasteiger partial charge in [0.05, 0.1) is 12.0 Å². The zero-order valence-corrected chi connectivity index (χ0v) is 9.53. The summed E-state index contributed by atoms with van der Waals surface area (Å²) in [5.74, 6) is 2.12. The lowest BCUT2D eigenvalue weighted by atomic mass is 9.99. The van der Waals surface area contributed by atoms with E-state index >= 15 is 0 Å². The van der Waals surface area contributed by atoms with Crippen molar-refractivity contribution in [2.75, 3.05) is 5.73 Å². The molecule has 0 radical (unpaired) electrons. The van der Waals surface area contributed by atoms with Crippen LogP contribution < -0.4 is 11.1 Å². The van der Waals surface area contributed by atoms with Crippen LogP contribution in [0.3, 0.4) is 0 Å². The molecule has 3 heteroatoms.